The van der Waals surface area contributed by atoms with Gasteiger partial charge in [-0.25, -0.2) is 0 Å². The van der Waals surface area contributed by atoms with Crippen molar-refractivity contribution in [2.24, 2.45) is 0 Å². The minimum absolute atomic E-state index is 0.0952. The summed E-state index contributed by atoms with van der Waals surface area (Å²) >= 11 is 11.4. The molecule has 0 aliphatic carbocycles. The Labute approximate surface area is 161 Å². The lowest BCUT2D eigenvalue weighted by atomic mass is 10.0. The Bertz CT molecular complexity index is 219. The van der Waals surface area contributed by atoms with Gasteiger partial charge in [-0.05, 0) is 12.5 Å². The van der Waals surface area contributed by atoms with Crippen molar-refractivity contribution in [2.45, 2.75) is 114 Å². The number of hydrogen-bond acceptors (Lipinski definition) is 1. The molecule has 0 aromatic rings. The molecule has 0 aliphatic heterocycles. The molecule has 0 saturated carbocycles. The van der Waals surface area contributed by atoms with Gasteiger partial charge in [-0.15, -0.1) is 23.2 Å². The molecule has 0 rings (SSSR count). The number of rotatable bonds is 19. The molecule has 0 fully saturated rings. The lowest BCUT2D eigenvalue weighted by Gasteiger charge is -2.04. The van der Waals surface area contributed by atoms with Crippen LogP contribution < -0.4 is 0 Å². The van der Waals surface area contributed by atoms with E-state index in [9.17, 15) is 0 Å². The lowest BCUT2D eigenvalue weighted by molar-refractivity contribution is 0.530. The first-order chi connectivity index (χ1) is 11.3. The largest absolute Gasteiger partial charge is 0.468 e. The van der Waals surface area contributed by atoms with Gasteiger partial charge in [0.2, 0.25) is 0 Å². The Morgan fingerprint density at radius 2 is 0.957 bits per heavy atom. The first kappa shape index (κ1) is 24.0. The zero-order valence-electron chi connectivity index (χ0n) is 15.5. The van der Waals surface area contributed by atoms with Gasteiger partial charge in [-0.2, -0.15) is 0 Å². The van der Waals surface area contributed by atoms with Gasteiger partial charge in [-0.1, -0.05) is 96.3 Å². The van der Waals surface area contributed by atoms with Gasteiger partial charge in [0.15, 0.2) is 0 Å². The van der Waals surface area contributed by atoms with Crippen LogP contribution in [0.4, 0.5) is 0 Å². The highest BCUT2D eigenvalue weighted by molar-refractivity contribution is 6.44. The molecule has 0 N–H and O–H groups in total. The van der Waals surface area contributed by atoms with E-state index in [0.29, 0.717) is 0 Å². The summed E-state index contributed by atoms with van der Waals surface area (Å²) in [7, 11) is 0.867. The summed E-state index contributed by atoms with van der Waals surface area (Å²) < 4.78 is 5.34. The van der Waals surface area contributed by atoms with E-state index >= 15 is 0 Å². The molecule has 1 nitrogen and oxygen atoms in total. The maximum absolute atomic E-state index is 5.72. The fraction of sp³-hybridized carbons (Fsp3) is 1.00. The molecule has 140 valence electrons. The van der Waals surface area contributed by atoms with Crippen molar-refractivity contribution in [1.82, 2.24) is 0 Å². The van der Waals surface area contributed by atoms with Crippen molar-refractivity contribution in [2.75, 3.05) is 0 Å². The molecule has 0 spiro atoms. The van der Waals surface area contributed by atoms with E-state index in [2.05, 4.69) is 0 Å². The van der Waals surface area contributed by atoms with Gasteiger partial charge in [0.25, 0.3) is 0 Å². The summed E-state index contributed by atoms with van der Waals surface area (Å²) in [6.45, 7) is 0. The van der Waals surface area contributed by atoms with Crippen molar-refractivity contribution < 1.29 is 4.12 Å². The van der Waals surface area contributed by atoms with Crippen molar-refractivity contribution in [3.05, 3.63) is 0 Å². The third-order valence-electron chi connectivity index (χ3n) is 4.52. The first-order valence-electron chi connectivity index (χ1n) is 10.0. The van der Waals surface area contributed by atoms with Crippen LogP contribution in [0.3, 0.4) is 0 Å². The summed E-state index contributed by atoms with van der Waals surface area (Å²) in [4.78, 5) is -0.159. The molecule has 0 aromatic carbocycles. The lowest BCUT2D eigenvalue weighted by Crippen LogP contribution is -1.93. The van der Waals surface area contributed by atoms with Crippen molar-refractivity contribution in [3.63, 3.8) is 0 Å². The van der Waals surface area contributed by atoms with Crippen LogP contribution in [0, 0.1) is 0 Å². The molecular formula is C18H40Cl2OSi2. The van der Waals surface area contributed by atoms with Crippen LogP contribution in [0.1, 0.15) is 103 Å². The number of alkyl halides is 2. The van der Waals surface area contributed by atoms with E-state index in [4.69, 9.17) is 27.3 Å². The molecule has 0 aliphatic rings. The van der Waals surface area contributed by atoms with Gasteiger partial charge in [-0.3, -0.25) is 0 Å². The quantitative estimate of drug-likeness (QED) is 0.151. The minimum atomic E-state index is -0.159. The van der Waals surface area contributed by atoms with Crippen LogP contribution in [0.15, 0.2) is 0 Å². The third kappa shape index (κ3) is 23.0. The summed E-state index contributed by atoms with van der Waals surface area (Å²) in [5.41, 5.74) is 0. The van der Waals surface area contributed by atoms with Gasteiger partial charge < -0.3 is 4.12 Å². The minimum Gasteiger partial charge on any atom is -0.468 e. The monoisotopic (exact) mass is 398 g/mol. The molecule has 0 saturated heterocycles. The van der Waals surface area contributed by atoms with Crippen molar-refractivity contribution in [3.8, 4) is 0 Å². The molecule has 23 heavy (non-hydrogen) atoms. The summed E-state index contributed by atoms with van der Waals surface area (Å²) in [6.07, 6.45) is 22.1. The summed E-state index contributed by atoms with van der Waals surface area (Å²) in [6, 6.07) is 1.41. The predicted octanol–water partition coefficient (Wildman–Crippen LogP) is 5.83. The predicted molar refractivity (Wildman–Crippen MR) is 114 cm³/mol. The molecule has 5 heteroatoms. The Morgan fingerprint density at radius 3 is 1.30 bits per heavy atom. The Hall–Kier alpha value is 0.974. The second-order valence-electron chi connectivity index (χ2n) is 6.83. The van der Waals surface area contributed by atoms with Crippen LogP contribution in [0.25, 0.3) is 0 Å². The highest BCUT2D eigenvalue weighted by Crippen LogP contribution is 2.16. The fourth-order valence-corrected chi connectivity index (χ4v) is 5.04. The normalized spacial score (nSPS) is 12.1. The molecule has 0 unspecified atom stereocenters. The molecule has 0 radical (unpaired) electrons. The highest BCUT2D eigenvalue weighted by Gasteiger charge is 1.98. The second-order valence-corrected chi connectivity index (χ2v) is 11.5. The summed E-state index contributed by atoms with van der Waals surface area (Å²) in [5, 5.41) is 0. The van der Waals surface area contributed by atoms with Gasteiger partial charge in [0.1, 0.15) is 25.1 Å². The highest BCUT2D eigenvalue weighted by atomic mass is 35.5. The Kier molecular flexibility index (Phi) is 21.9. The molecular weight excluding hydrogens is 359 g/mol. The van der Waals surface area contributed by atoms with E-state index in [-0.39, 0.29) is 14.6 Å². The number of unbranched alkanes of at least 4 members (excludes halogenated alkanes) is 14. The summed E-state index contributed by atoms with van der Waals surface area (Å²) in [5.74, 6) is 0. The van der Waals surface area contributed by atoms with E-state index in [1.807, 2.05) is 0 Å². The number of hydrogen-bond donors (Lipinski definition) is 0. The second kappa shape index (κ2) is 21.0. The molecule has 0 amide bonds. The van der Waals surface area contributed by atoms with Crippen molar-refractivity contribution >= 4 is 43.5 Å². The van der Waals surface area contributed by atoms with Gasteiger partial charge in [0, 0.05) is 0 Å². The van der Waals surface area contributed by atoms with Crippen LogP contribution >= 0.6 is 23.2 Å². The maximum Gasteiger partial charge on any atom is 0.145 e. The maximum atomic E-state index is 5.72. The SMILES string of the molecule is [SiH3]O[SiH2]CCCCCCCCCCCCCCCCCC(Cl)Cl. The van der Waals surface area contributed by atoms with E-state index in [0.717, 1.165) is 16.9 Å². The van der Waals surface area contributed by atoms with Gasteiger partial charge >= 0.3 is 0 Å². The standard InChI is InChI=1S/C18H40Cl2OSi2/c19-18(20)16-14-12-10-8-6-4-2-1-3-5-7-9-11-13-15-17-23-21-22/h18H,1-17,23H2,22H3. The Balaban J connectivity index is 2.95. The first-order valence-corrected chi connectivity index (χ1v) is 13.3. The zero-order valence-corrected chi connectivity index (χ0v) is 20.4. The average Bonchev–Trinajstić information content (AvgIpc) is 2.53. The molecule has 0 bridgehead atoms. The van der Waals surface area contributed by atoms with Crippen LogP contribution in [-0.2, 0) is 4.12 Å². The van der Waals surface area contributed by atoms with Crippen LogP contribution in [0.2, 0.25) is 6.04 Å². The van der Waals surface area contributed by atoms with E-state index < -0.39 is 0 Å². The third-order valence-corrected chi connectivity index (χ3v) is 7.38. The van der Waals surface area contributed by atoms with E-state index in [1.165, 1.54) is 102 Å². The Morgan fingerprint density at radius 1 is 0.609 bits per heavy atom. The molecule has 0 heterocycles. The average molecular weight is 400 g/mol. The topological polar surface area (TPSA) is 9.23 Å². The zero-order chi connectivity index (χ0) is 17.0. The fourth-order valence-electron chi connectivity index (χ4n) is 3.02. The van der Waals surface area contributed by atoms with Crippen LogP contribution in [-0.4, -0.2) is 25.1 Å². The number of halogens is 2. The van der Waals surface area contributed by atoms with Crippen LogP contribution in [0.5, 0.6) is 0 Å². The van der Waals surface area contributed by atoms with Gasteiger partial charge in [0.05, 0.1) is 0 Å². The van der Waals surface area contributed by atoms with E-state index in [1.54, 1.807) is 0 Å². The molecule has 0 atom stereocenters. The molecule has 0 aromatic heterocycles. The van der Waals surface area contributed by atoms with Crippen molar-refractivity contribution in [1.29, 1.82) is 0 Å². The smallest absolute Gasteiger partial charge is 0.145 e.